The number of amides is 1. The molecule has 3 rings (SSSR count). The largest absolute Gasteiger partial charge is 0.392 e. The van der Waals surface area contributed by atoms with Crippen molar-refractivity contribution in [3.63, 3.8) is 0 Å². The number of carbonyl (C=O) groups excluding carboxylic acids is 1. The van der Waals surface area contributed by atoms with E-state index in [-0.39, 0.29) is 12.5 Å². The highest BCUT2D eigenvalue weighted by atomic mass is 16.3. The van der Waals surface area contributed by atoms with E-state index in [9.17, 15) is 9.90 Å². The summed E-state index contributed by atoms with van der Waals surface area (Å²) in [6.45, 7) is 4.92. The van der Waals surface area contributed by atoms with Gasteiger partial charge in [0.1, 0.15) is 11.4 Å². The van der Waals surface area contributed by atoms with Crippen molar-refractivity contribution in [2.45, 2.75) is 26.0 Å². The molecule has 2 N–H and O–H groups in total. The van der Waals surface area contributed by atoms with E-state index in [1.54, 1.807) is 0 Å². The monoisotopic (exact) mass is 285 g/mol. The van der Waals surface area contributed by atoms with Crippen LogP contribution in [0.2, 0.25) is 0 Å². The highest BCUT2D eigenvalue weighted by molar-refractivity contribution is 5.91. The van der Waals surface area contributed by atoms with Gasteiger partial charge >= 0.3 is 0 Å². The number of nitrogens with zero attached hydrogens (tertiary/aromatic N) is 2. The summed E-state index contributed by atoms with van der Waals surface area (Å²) < 4.78 is 0. The van der Waals surface area contributed by atoms with Crippen LogP contribution in [-0.2, 0) is 11.4 Å². The smallest absolute Gasteiger partial charge is 0.245 e. The average molecular weight is 285 g/mol. The standard InChI is InChI=1S/C16H19N3O2/c1-16(2)15(21)17-7-8-19(16)14-12(10-20)9-11-5-3-4-6-13(11)18-14/h3-6,9,20H,7-8,10H2,1-2H3,(H,17,21). The number of hydrogen-bond donors (Lipinski definition) is 2. The van der Waals surface area contributed by atoms with Gasteiger partial charge in [-0.3, -0.25) is 4.79 Å². The Morgan fingerprint density at radius 2 is 2.14 bits per heavy atom. The number of piperazine rings is 1. The number of carbonyl (C=O) groups is 1. The maximum atomic E-state index is 12.1. The second kappa shape index (κ2) is 5.00. The maximum Gasteiger partial charge on any atom is 0.245 e. The summed E-state index contributed by atoms with van der Waals surface area (Å²) in [5.74, 6) is 0.670. The molecule has 1 aliphatic rings. The van der Waals surface area contributed by atoms with Gasteiger partial charge < -0.3 is 15.3 Å². The molecule has 2 heterocycles. The highest BCUT2D eigenvalue weighted by Crippen LogP contribution is 2.30. The zero-order valence-electron chi connectivity index (χ0n) is 12.3. The number of rotatable bonds is 2. The van der Waals surface area contributed by atoms with Crippen molar-refractivity contribution >= 4 is 22.6 Å². The van der Waals surface area contributed by atoms with Crippen molar-refractivity contribution in [2.75, 3.05) is 18.0 Å². The molecule has 0 spiro atoms. The number of nitrogens with one attached hydrogen (secondary N) is 1. The van der Waals surface area contributed by atoms with Crippen LogP contribution >= 0.6 is 0 Å². The molecule has 21 heavy (non-hydrogen) atoms. The molecule has 0 unspecified atom stereocenters. The van der Waals surface area contributed by atoms with Crippen LogP contribution in [-0.4, -0.2) is 34.6 Å². The Balaban J connectivity index is 2.16. The Morgan fingerprint density at radius 1 is 1.38 bits per heavy atom. The lowest BCUT2D eigenvalue weighted by molar-refractivity contribution is -0.126. The second-order valence-electron chi connectivity index (χ2n) is 5.79. The van der Waals surface area contributed by atoms with E-state index in [0.29, 0.717) is 18.9 Å². The van der Waals surface area contributed by atoms with Crippen molar-refractivity contribution in [3.05, 3.63) is 35.9 Å². The average Bonchev–Trinajstić information content (AvgIpc) is 2.48. The third-order valence-electron chi connectivity index (χ3n) is 4.06. The van der Waals surface area contributed by atoms with Crippen molar-refractivity contribution in [1.29, 1.82) is 0 Å². The molecule has 110 valence electrons. The van der Waals surface area contributed by atoms with Crippen LogP contribution in [0.25, 0.3) is 10.9 Å². The number of aliphatic hydroxyl groups excluding tert-OH is 1. The van der Waals surface area contributed by atoms with Crippen LogP contribution in [0.1, 0.15) is 19.4 Å². The van der Waals surface area contributed by atoms with Crippen LogP contribution in [0.3, 0.4) is 0 Å². The summed E-state index contributed by atoms with van der Waals surface area (Å²) in [6, 6.07) is 9.74. The molecule has 5 heteroatoms. The molecule has 0 aliphatic carbocycles. The SMILES string of the molecule is CC1(C)C(=O)NCCN1c1nc2ccccc2cc1CO. The van der Waals surface area contributed by atoms with Gasteiger partial charge in [0.05, 0.1) is 12.1 Å². The van der Waals surface area contributed by atoms with E-state index in [1.165, 1.54) is 0 Å². The number of pyridine rings is 1. The van der Waals surface area contributed by atoms with Gasteiger partial charge in [0.15, 0.2) is 0 Å². The second-order valence-corrected chi connectivity index (χ2v) is 5.79. The Labute approximate surface area is 123 Å². The Bertz CT molecular complexity index is 697. The predicted molar refractivity (Wildman–Crippen MR) is 82.1 cm³/mol. The number of benzene rings is 1. The summed E-state index contributed by atoms with van der Waals surface area (Å²) >= 11 is 0. The van der Waals surface area contributed by atoms with E-state index < -0.39 is 5.54 Å². The fourth-order valence-electron chi connectivity index (χ4n) is 2.77. The molecule has 0 bridgehead atoms. The lowest BCUT2D eigenvalue weighted by Crippen LogP contribution is -2.62. The zero-order valence-corrected chi connectivity index (χ0v) is 12.3. The molecule has 2 aromatic rings. The number of aliphatic hydroxyl groups is 1. The normalized spacial score (nSPS) is 17.9. The minimum Gasteiger partial charge on any atom is -0.392 e. The molecule has 0 atom stereocenters. The van der Waals surface area contributed by atoms with Crippen molar-refractivity contribution in [2.24, 2.45) is 0 Å². The molecule has 0 saturated carbocycles. The number of anilines is 1. The molecule has 1 saturated heterocycles. The van der Waals surface area contributed by atoms with Crippen LogP contribution in [0, 0.1) is 0 Å². The Kier molecular flexibility index (Phi) is 3.29. The minimum atomic E-state index is -0.683. The minimum absolute atomic E-state index is 0.0207. The Morgan fingerprint density at radius 3 is 2.90 bits per heavy atom. The van der Waals surface area contributed by atoms with Gasteiger partial charge in [0.2, 0.25) is 5.91 Å². The first-order valence-electron chi connectivity index (χ1n) is 7.09. The highest BCUT2D eigenvalue weighted by Gasteiger charge is 2.39. The molecular weight excluding hydrogens is 266 g/mol. The van der Waals surface area contributed by atoms with Crippen molar-refractivity contribution in [3.8, 4) is 0 Å². The summed E-state index contributed by atoms with van der Waals surface area (Å²) in [6.07, 6.45) is 0. The Hall–Kier alpha value is -2.14. The number of para-hydroxylation sites is 1. The van der Waals surface area contributed by atoms with Crippen molar-refractivity contribution in [1.82, 2.24) is 10.3 Å². The first kappa shape index (κ1) is 13.8. The maximum absolute atomic E-state index is 12.1. The lowest BCUT2D eigenvalue weighted by atomic mass is 9.98. The molecule has 1 fully saturated rings. The van der Waals surface area contributed by atoms with E-state index in [0.717, 1.165) is 16.5 Å². The predicted octanol–water partition coefficient (Wildman–Crippen LogP) is 1.44. The van der Waals surface area contributed by atoms with E-state index in [2.05, 4.69) is 10.3 Å². The summed E-state index contributed by atoms with van der Waals surface area (Å²) in [5.41, 5.74) is 0.931. The fourth-order valence-corrected chi connectivity index (χ4v) is 2.77. The molecule has 1 aromatic heterocycles. The van der Waals surface area contributed by atoms with E-state index in [4.69, 9.17) is 0 Å². The summed E-state index contributed by atoms with van der Waals surface area (Å²) in [4.78, 5) is 18.8. The summed E-state index contributed by atoms with van der Waals surface area (Å²) in [7, 11) is 0. The fraction of sp³-hybridized carbons (Fsp3) is 0.375. The van der Waals surface area contributed by atoms with Gasteiger partial charge in [-0.25, -0.2) is 4.98 Å². The van der Waals surface area contributed by atoms with Gasteiger partial charge in [0.25, 0.3) is 0 Å². The van der Waals surface area contributed by atoms with Crippen LogP contribution in [0.5, 0.6) is 0 Å². The van der Waals surface area contributed by atoms with Crippen LogP contribution in [0.15, 0.2) is 30.3 Å². The third kappa shape index (κ3) is 2.23. The zero-order chi connectivity index (χ0) is 15.0. The molecular formula is C16H19N3O2. The summed E-state index contributed by atoms with van der Waals surface area (Å²) in [5, 5.41) is 13.5. The quantitative estimate of drug-likeness (QED) is 0.876. The first-order valence-corrected chi connectivity index (χ1v) is 7.09. The van der Waals surface area contributed by atoms with E-state index >= 15 is 0 Å². The lowest BCUT2D eigenvalue weighted by Gasteiger charge is -2.42. The van der Waals surface area contributed by atoms with Gasteiger partial charge in [-0.2, -0.15) is 0 Å². The number of aromatic nitrogens is 1. The number of hydrogen-bond acceptors (Lipinski definition) is 4. The molecule has 5 nitrogen and oxygen atoms in total. The van der Waals surface area contributed by atoms with Gasteiger partial charge in [0, 0.05) is 24.0 Å². The van der Waals surface area contributed by atoms with Gasteiger partial charge in [-0.1, -0.05) is 18.2 Å². The van der Waals surface area contributed by atoms with Gasteiger partial charge in [-0.05, 0) is 26.0 Å². The topological polar surface area (TPSA) is 65.5 Å². The molecule has 1 amide bonds. The van der Waals surface area contributed by atoms with Crippen LogP contribution < -0.4 is 10.2 Å². The van der Waals surface area contributed by atoms with Gasteiger partial charge in [-0.15, -0.1) is 0 Å². The first-order chi connectivity index (χ1) is 10.0. The van der Waals surface area contributed by atoms with Crippen molar-refractivity contribution < 1.29 is 9.90 Å². The third-order valence-corrected chi connectivity index (χ3v) is 4.06. The van der Waals surface area contributed by atoms with E-state index in [1.807, 2.05) is 49.1 Å². The molecule has 1 aromatic carbocycles. The molecule has 0 radical (unpaired) electrons. The van der Waals surface area contributed by atoms with Crippen LogP contribution in [0.4, 0.5) is 5.82 Å². The number of fused-ring (bicyclic) bond motifs is 1. The molecule has 1 aliphatic heterocycles.